The first-order chi connectivity index (χ1) is 7.65. The SMILES string of the molecule is CCC(NC(=O)N1CCCOCC1)C(=O)O. The molecule has 1 aliphatic rings. The van der Waals surface area contributed by atoms with E-state index in [1.165, 1.54) is 0 Å². The minimum absolute atomic E-state index is 0.320. The van der Waals surface area contributed by atoms with Crippen LogP contribution in [-0.4, -0.2) is 54.4 Å². The maximum Gasteiger partial charge on any atom is 0.326 e. The van der Waals surface area contributed by atoms with Crippen molar-refractivity contribution in [3.8, 4) is 0 Å². The number of urea groups is 1. The van der Waals surface area contributed by atoms with Crippen LogP contribution < -0.4 is 5.32 Å². The number of hydrogen-bond donors (Lipinski definition) is 2. The predicted octanol–water partition coefficient (Wildman–Crippen LogP) is 0.281. The number of nitrogens with zero attached hydrogens (tertiary/aromatic N) is 1. The molecule has 1 rings (SSSR count). The number of amides is 2. The maximum absolute atomic E-state index is 11.7. The van der Waals surface area contributed by atoms with E-state index >= 15 is 0 Å². The number of carbonyl (C=O) groups excluding carboxylic acids is 1. The van der Waals surface area contributed by atoms with Crippen LogP contribution in [0.25, 0.3) is 0 Å². The molecule has 1 fully saturated rings. The largest absolute Gasteiger partial charge is 0.480 e. The summed E-state index contributed by atoms with van der Waals surface area (Å²) >= 11 is 0. The number of hydrogen-bond acceptors (Lipinski definition) is 3. The number of carboxylic acid groups (broad SMARTS) is 1. The fourth-order valence-corrected chi connectivity index (χ4v) is 1.53. The molecule has 1 aliphatic heterocycles. The third kappa shape index (κ3) is 3.69. The summed E-state index contributed by atoms with van der Waals surface area (Å²) in [6.07, 6.45) is 1.17. The average Bonchev–Trinajstić information content (AvgIpc) is 2.53. The van der Waals surface area contributed by atoms with Gasteiger partial charge in [0.15, 0.2) is 0 Å². The molecule has 1 heterocycles. The van der Waals surface area contributed by atoms with Crippen molar-refractivity contribution < 1.29 is 19.4 Å². The lowest BCUT2D eigenvalue weighted by Gasteiger charge is -2.22. The van der Waals surface area contributed by atoms with E-state index < -0.39 is 12.0 Å². The van der Waals surface area contributed by atoms with Crippen LogP contribution in [0.3, 0.4) is 0 Å². The van der Waals surface area contributed by atoms with E-state index in [1.54, 1.807) is 11.8 Å². The van der Waals surface area contributed by atoms with Crippen LogP contribution in [0, 0.1) is 0 Å². The average molecular weight is 230 g/mol. The normalized spacial score (nSPS) is 18.7. The number of carbonyl (C=O) groups is 2. The van der Waals surface area contributed by atoms with Crippen molar-refractivity contribution in [1.29, 1.82) is 0 Å². The third-order valence-corrected chi connectivity index (χ3v) is 2.51. The zero-order chi connectivity index (χ0) is 12.0. The molecule has 0 aromatic rings. The van der Waals surface area contributed by atoms with Crippen LogP contribution in [0.2, 0.25) is 0 Å². The first-order valence-electron chi connectivity index (χ1n) is 5.51. The summed E-state index contributed by atoms with van der Waals surface area (Å²) in [6.45, 7) is 4.02. The molecule has 0 aromatic carbocycles. The van der Waals surface area contributed by atoms with E-state index in [0.717, 1.165) is 6.42 Å². The van der Waals surface area contributed by atoms with Crippen LogP contribution in [0.5, 0.6) is 0 Å². The first kappa shape index (κ1) is 12.8. The Balaban J connectivity index is 2.46. The van der Waals surface area contributed by atoms with Gasteiger partial charge in [-0.1, -0.05) is 6.92 Å². The molecule has 16 heavy (non-hydrogen) atoms. The summed E-state index contributed by atoms with van der Waals surface area (Å²) in [5.41, 5.74) is 0. The lowest BCUT2D eigenvalue weighted by atomic mass is 10.2. The van der Waals surface area contributed by atoms with Gasteiger partial charge < -0.3 is 20.1 Å². The van der Waals surface area contributed by atoms with E-state index in [4.69, 9.17) is 9.84 Å². The molecule has 0 bridgehead atoms. The Morgan fingerprint density at radius 1 is 1.44 bits per heavy atom. The molecule has 1 atom stereocenters. The molecule has 6 nitrogen and oxygen atoms in total. The van der Waals surface area contributed by atoms with Gasteiger partial charge in [0.2, 0.25) is 0 Å². The summed E-state index contributed by atoms with van der Waals surface area (Å²) in [5, 5.41) is 11.3. The van der Waals surface area contributed by atoms with Crippen molar-refractivity contribution >= 4 is 12.0 Å². The molecule has 1 saturated heterocycles. The van der Waals surface area contributed by atoms with Gasteiger partial charge in [-0.3, -0.25) is 0 Å². The molecular formula is C10H18N2O4. The summed E-state index contributed by atoms with van der Waals surface area (Å²) in [5.74, 6) is -0.998. The standard InChI is InChI=1S/C10H18N2O4/c1-2-8(9(13)14)11-10(15)12-4-3-6-16-7-5-12/h8H,2-7H2,1H3,(H,11,15)(H,13,14). The number of ether oxygens (including phenoxy) is 1. The Labute approximate surface area is 94.6 Å². The summed E-state index contributed by atoms with van der Waals surface area (Å²) in [4.78, 5) is 24.1. The van der Waals surface area contributed by atoms with Gasteiger partial charge in [0.1, 0.15) is 6.04 Å². The molecule has 6 heteroatoms. The summed E-state index contributed by atoms with van der Waals surface area (Å²) in [7, 11) is 0. The lowest BCUT2D eigenvalue weighted by molar-refractivity contribution is -0.139. The minimum Gasteiger partial charge on any atom is -0.480 e. The second-order valence-electron chi connectivity index (χ2n) is 3.70. The van der Waals surface area contributed by atoms with Gasteiger partial charge in [0.05, 0.1) is 6.61 Å². The highest BCUT2D eigenvalue weighted by Crippen LogP contribution is 2.01. The molecule has 92 valence electrons. The van der Waals surface area contributed by atoms with E-state index in [9.17, 15) is 9.59 Å². The summed E-state index contributed by atoms with van der Waals surface area (Å²) in [6, 6.07) is -1.13. The van der Waals surface area contributed by atoms with Crippen molar-refractivity contribution in [3.05, 3.63) is 0 Å². The van der Waals surface area contributed by atoms with Crippen molar-refractivity contribution in [1.82, 2.24) is 10.2 Å². The lowest BCUT2D eigenvalue weighted by Crippen LogP contribution is -2.48. The maximum atomic E-state index is 11.7. The zero-order valence-electron chi connectivity index (χ0n) is 9.44. The fourth-order valence-electron chi connectivity index (χ4n) is 1.53. The van der Waals surface area contributed by atoms with Gasteiger partial charge in [-0.25, -0.2) is 9.59 Å². The smallest absolute Gasteiger partial charge is 0.326 e. The Kier molecular flexibility index (Phi) is 5.04. The highest BCUT2D eigenvalue weighted by atomic mass is 16.5. The number of nitrogens with one attached hydrogen (secondary N) is 1. The van der Waals surface area contributed by atoms with Gasteiger partial charge in [-0.2, -0.15) is 0 Å². The second-order valence-corrected chi connectivity index (χ2v) is 3.70. The van der Waals surface area contributed by atoms with Crippen LogP contribution in [0.15, 0.2) is 0 Å². The second kappa shape index (κ2) is 6.32. The molecule has 2 amide bonds. The highest BCUT2D eigenvalue weighted by molar-refractivity contribution is 5.82. The fraction of sp³-hybridized carbons (Fsp3) is 0.800. The van der Waals surface area contributed by atoms with Crippen molar-refractivity contribution in [3.63, 3.8) is 0 Å². The Morgan fingerprint density at radius 2 is 2.19 bits per heavy atom. The molecular weight excluding hydrogens is 212 g/mol. The van der Waals surface area contributed by atoms with Gasteiger partial charge in [0.25, 0.3) is 0 Å². The number of aliphatic carboxylic acids is 1. The monoisotopic (exact) mass is 230 g/mol. The molecule has 1 unspecified atom stereocenters. The molecule has 0 spiro atoms. The molecule has 0 saturated carbocycles. The van der Waals surface area contributed by atoms with E-state index in [0.29, 0.717) is 32.7 Å². The van der Waals surface area contributed by atoms with E-state index in [2.05, 4.69) is 5.32 Å². The first-order valence-corrected chi connectivity index (χ1v) is 5.51. The van der Waals surface area contributed by atoms with Gasteiger partial charge in [-0.05, 0) is 12.8 Å². The third-order valence-electron chi connectivity index (χ3n) is 2.51. The van der Waals surface area contributed by atoms with E-state index in [-0.39, 0.29) is 6.03 Å². The topological polar surface area (TPSA) is 78.9 Å². The van der Waals surface area contributed by atoms with Crippen LogP contribution in [0.1, 0.15) is 19.8 Å². The van der Waals surface area contributed by atoms with Crippen molar-refractivity contribution in [2.24, 2.45) is 0 Å². The van der Waals surface area contributed by atoms with Gasteiger partial charge in [-0.15, -0.1) is 0 Å². The summed E-state index contributed by atoms with van der Waals surface area (Å²) < 4.78 is 5.22. The Morgan fingerprint density at radius 3 is 2.81 bits per heavy atom. The Hall–Kier alpha value is -1.30. The number of carboxylic acids is 1. The van der Waals surface area contributed by atoms with Crippen LogP contribution in [0.4, 0.5) is 4.79 Å². The molecule has 0 aliphatic carbocycles. The quantitative estimate of drug-likeness (QED) is 0.730. The number of rotatable bonds is 3. The van der Waals surface area contributed by atoms with Gasteiger partial charge in [0, 0.05) is 19.7 Å². The van der Waals surface area contributed by atoms with Crippen molar-refractivity contribution in [2.75, 3.05) is 26.3 Å². The molecule has 2 N–H and O–H groups in total. The Bertz CT molecular complexity index is 249. The molecule has 0 radical (unpaired) electrons. The van der Waals surface area contributed by atoms with Crippen LogP contribution >= 0.6 is 0 Å². The van der Waals surface area contributed by atoms with Crippen molar-refractivity contribution in [2.45, 2.75) is 25.8 Å². The zero-order valence-corrected chi connectivity index (χ0v) is 9.44. The molecule has 0 aromatic heterocycles. The van der Waals surface area contributed by atoms with E-state index in [1.807, 2.05) is 0 Å². The predicted molar refractivity (Wildman–Crippen MR) is 57.3 cm³/mol. The highest BCUT2D eigenvalue weighted by Gasteiger charge is 2.22. The minimum atomic E-state index is -0.998. The van der Waals surface area contributed by atoms with Crippen LogP contribution in [-0.2, 0) is 9.53 Å². The van der Waals surface area contributed by atoms with Gasteiger partial charge >= 0.3 is 12.0 Å².